The van der Waals surface area contributed by atoms with Crippen molar-refractivity contribution in [3.63, 3.8) is 0 Å². The summed E-state index contributed by atoms with van der Waals surface area (Å²) in [6.45, 7) is 4.96. The summed E-state index contributed by atoms with van der Waals surface area (Å²) in [6.07, 6.45) is 5.59. The molecule has 0 aliphatic carbocycles. The summed E-state index contributed by atoms with van der Waals surface area (Å²) < 4.78 is 5.65. The zero-order valence-corrected chi connectivity index (χ0v) is 17.0. The van der Waals surface area contributed by atoms with Crippen LogP contribution in [0, 0.1) is 0 Å². The van der Waals surface area contributed by atoms with Gasteiger partial charge in [-0.05, 0) is 54.8 Å². The smallest absolute Gasteiger partial charge is 0.272 e. The van der Waals surface area contributed by atoms with E-state index in [1.165, 1.54) is 0 Å². The van der Waals surface area contributed by atoms with E-state index in [1.54, 1.807) is 6.21 Å². The number of unbranched alkanes of at least 4 members (excludes halogenated alkanes) is 1. The molecule has 0 unspecified atom stereocenters. The molecule has 0 fully saturated rings. The summed E-state index contributed by atoms with van der Waals surface area (Å²) in [6, 6.07) is 17.2. The van der Waals surface area contributed by atoms with Crippen LogP contribution in [0.15, 0.2) is 59.7 Å². The number of carbonyl (C=O) groups is 1. The largest absolute Gasteiger partial charge is 0.494 e. The predicted molar refractivity (Wildman–Crippen MR) is 118 cm³/mol. The van der Waals surface area contributed by atoms with E-state index in [2.05, 4.69) is 29.4 Å². The van der Waals surface area contributed by atoms with Crippen molar-refractivity contribution in [2.75, 3.05) is 6.61 Å². The van der Waals surface area contributed by atoms with Crippen molar-refractivity contribution in [1.82, 2.24) is 10.4 Å². The first-order chi connectivity index (χ1) is 14.2. The number of hydrogen-bond donors (Lipinski definition) is 1. The van der Waals surface area contributed by atoms with Gasteiger partial charge >= 0.3 is 0 Å². The van der Waals surface area contributed by atoms with E-state index in [1.807, 2.05) is 54.6 Å². The lowest BCUT2D eigenvalue weighted by molar-refractivity contribution is 0.0956. The maximum absolute atomic E-state index is 12.7. The Bertz CT molecular complexity index is 981. The van der Waals surface area contributed by atoms with Crippen molar-refractivity contribution in [2.24, 2.45) is 5.10 Å². The van der Waals surface area contributed by atoms with Crippen LogP contribution in [0.1, 0.15) is 54.7 Å². The number of benzene rings is 2. The monoisotopic (exact) mass is 389 g/mol. The number of nitrogens with one attached hydrogen (secondary N) is 1. The van der Waals surface area contributed by atoms with E-state index in [4.69, 9.17) is 4.74 Å². The van der Waals surface area contributed by atoms with Crippen molar-refractivity contribution in [1.29, 1.82) is 0 Å². The van der Waals surface area contributed by atoms with Crippen LogP contribution in [-0.4, -0.2) is 23.7 Å². The maximum Gasteiger partial charge on any atom is 0.272 e. The summed E-state index contributed by atoms with van der Waals surface area (Å²) in [5.74, 6) is 0.600. The summed E-state index contributed by atoms with van der Waals surface area (Å²) >= 11 is 0. The number of ether oxygens (including phenoxy) is 1. The first kappa shape index (κ1) is 20.5. The number of aryl methyl sites for hydroxylation is 1. The molecule has 3 rings (SSSR count). The molecule has 0 aliphatic heterocycles. The second-order valence-electron chi connectivity index (χ2n) is 6.90. The number of carbonyl (C=O) groups excluding carboxylic acids is 1. The van der Waals surface area contributed by atoms with Crippen molar-refractivity contribution >= 4 is 23.0 Å². The molecule has 0 atom stereocenters. The predicted octanol–water partition coefficient (Wildman–Crippen LogP) is 5.13. The van der Waals surface area contributed by atoms with Crippen molar-refractivity contribution in [3.05, 3.63) is 71.4 Å². The lowest BCUT2D eigenvalue weighted by Gasteiger charge is -2.08. The van der Waals surface area contributed by atoms with Gasteiger partial charge in [-0.15, -0.1) is 0 Å². The van der Waals surface area contributed by atoms with Crippen LogP contribution in [0.3, 0.4) is 0 Å². The number of hydrogen-bond acceptors (Lipinski definition) is 4. The molecule has 1 N–H and O–H groups in total. The molecule has 0 saturated heterocycles. The fourth-order valence-corrected chi connectivity index (χ4v) is 3.01. The minimum absolute atomic E-state index is 0.239. The van der Waals surface area contributed by atoms with Crippen LogP contribution < -0.4 is 10.2 Å². The second kappa shape index (κ2) is 10.4. The second-order valence-corrected chi connectivity index (χ2v) is 6.90. The highest BCUT2D eigenvalue weighted by molar-refractivity contribution is 6.06. The Kier molecular flexibility index (Phi) is 7.34. The third-order valence-corrected chi connectivity index (χ3v) is 4.55. The molecule has 5 nitrogen and oxygen atoms in total. The molecule has 3 aromatic rings. The molecule has 0 saturated carbocycles. The summed E-state index contributed by atoms with van der Waals surface area (Å²) in [4.78, 5) is 17.4. The van der Waals surface area contributed by atoms with Gasteiger partial charge in [0.05, 0.1) is 23.9 Å². The number of nitrogens with zero attached hydrogens (tertiary/aromatic N) is 2. The van der Waals surface area contributed by atoms with Crippen LogP contribution in [0.2, 0.25) is 0 Å². The van der Waals surface area contributed by atoms with Crippen LogP contribution in [0.4, 0.5) is 0 Å². The Morgan fingerprint density at radius 3 is 2.66 bits per heavy atom. The van der Waals surface area contributed by atoms with E-state index < -0.39 is 0 Å². The third-order valence-electron chi connectivity index (χ3n) is 4.55. The number of hydrazone groups is 1. The van der Waals surface area contributed by atoms with Gasteiger partial charge in [-0.3, -0.25) is 9.78 Å². The number of pyridine rings is 1. The van der Waals surface area contributed by atoms with E-state index in [-0.39, 0.29) is 5.91 Å². The number of amides is 1. The average molecular weight is 389 g/mol. The molecule has 1 heterocycles. The SMILES string of the molecule is CCCCOc1ccc(C=NNC(=O)c2cc(CCC)nc3ccccc23)cc1. The Morgan fingerprint density at radius 2 is 1.90 bits per heavy atom. The number of para-hydroxylation sites is 1. The first-order valence-corrected chi connectivity index (χ1v) is 10.2. The Labute approximate surface area is 171 Å². The van der Waals surface area contributed by atoms with Gasteiger partial charge in [-0.1, -0.05) is 44.9 Å². The summed E-state index contributed by atoms with van der Waals surface area (Å²) in [5.41, 5.74) is 5.86. The summed E-state index contributed by atoms with van der Waals surface area (Å²) in [5, 5.41) is 4.95. The molecule has 0 spiro atoms. The Morgan fingerprint density at radius 1 is 1.10 bits per heavy atom. The van der Waals surface area contributed by atoms with Gasteiger partial charge in [0.15, 0.2) is 0 Å². The van der Waals surface area contributed by atoms with Gasteiger partial charge in [0.1, 0.15) is 5.75 Å². The molecule has 5 heteroatoms. The normalized spacial score (nSPS) is 11.1. The van der Waals surface area contributed by atoms with E-state index >= 15 is 0 Å². The molecule has 150 valence electrons. The standard InChI is InChI=1S/C24H27N3O2/c1-3-5-15-29-20-13-11-18(12-14-20)17-25-27-24(28)22-16-19(8-4-2)26-23-10-7-6-9-21(22)23/h6-7,9-14,16-17H,3-5,8,15H2,1-2H3,(H,27,28). The average Bonchev–Trinajstić information content (AvgIpc) is 2.74. The van der Waals surface area contributed by atoms with Gasteiger partial charge in [0.25, 0.3) is 5.91 Å². The van der Waals surface area contributed by atoms with E-state index in [9.17, 15) is 4.79 Å². The molecule has 1 amide bonds. The molecular formula is C24H27N3O2. The summed E-state index contributed by atoms with van der Waals surface area (Å²) in [7, 11) is 0. The topological polar surface area (TPSA) is 63.6 Å². The number of aromatic nitrogens is 1. The number of rotatable bonds is 9. The highest BCUT2D eigenvalue weighted by Crippen LogP contribution is 2.19. The van der Waals surface area contributed by atoms with Crippen molar-refractivity contribution < 1.29 is 9.53 Å². The zero-order valence-electron chi connectivity index (χ0n) is 17.0. The third kappa shape index (κ3) is 5.64. The molecule has 2 aromatic carbocycles. The van der Waals surface area contributed by atoms with Gasteiger partial charge < -0.3 is 4.74 Å². The quantitative estimate of drug-likeness (QED) is 0.313. The molecule has 0 radical (unpaired) electrons. The highest BCUT2D eigenvalue weighted by Gasteiger charge is 2.12. The van der Waals surface area contributed by atoms with Crippen molar-refractivity contribution in [3.8, 4) is 5.75 Å². The minimum atomic E-state index is -0.239. The zero-order chi connectivity index (χ0) is 20.5. The van der Waals surface area contributed by atoms with Gasteiger partial charge in [-0.2, -0.15) is 5.10 Å². The van der Waals surface area contributed by atoms with Crippen LogP contribution in [0.5, 0.6) is 5.75 Å². The lowest BCUT2D eigenvalue weighted by Crippen LogP contribution is -2.18. The molecular weight excluding hydrogens is 362 g/mol. The Hall–Kier alpha value is -3.21. The van der Waals surface area contributed by atoms with Crippen LogP contribution in [0.25, 0.3) is 10.9 Å². The van der Waals surface area contributed by atoms with E-state index in [0.717, 1.165) is 60.2 Å². The van der Waals surface area contributed by atoms with Crippen molar-refractivity contribution in [2.45, 2.75) is 39.5 Å². The van der Waals surface area contributed by atoms with Crippen LogP contribution >= 0.6 is 0 Å². The molecule has 0 bridgehead atoms. The molecule has 0 aliphatic rings. The Balaban J connectivity index is 1.69. The fourth-order valence-electron chi connectivity index (χ4n) is 3.01. The van der Waals surface area contributed by atoms with E-state index in [0.29, 0.717) is 5.56 Å². The fraction of sp³-hybridized carbons (Fsp3) is 0.292. The van der Waals surface area contributed by atoms with Crippen LogP contribution in [-0.2, 0) is 6.42 Å². The van der Waals surface area contributed by atoms with Gasteiger partial charge in [0.2, 0.25) is 0 Å². The van der Waals surface area contributed by atoms with Gasteiger partial charge in [0, 0.05) is 11.1 Å². The highest BCUT2D eigenvalue weighted by atomic mass is 16.5. The minimum Gasteiger partial charge on any atom is -0.494 e. The molecule has 29 heavy (non-hydrogen) atoms. The maximum atomic E-state index is 12.7. The number of fused-ring (bicyclic) bond motifs is 1. The first-order valence-electron chi connectivity index (χ1n) is 10.2. The lowest BCUT2D eigenvalue weighted by atomic mass is 10.1. The van der Waals surface area contributed by atoms with Gasteiger partial charge in [-0.25, -0.2) is 5.43 Å². The molecule has 1 aromatic heterocycles.